The summed E-state index contributed by atoms with van der Waals surface area (Å²) in [5.74, 6) is -6.86. The van der Waals surface area contributed by atoms with E-state index in [4.69, 9.17) is 34.6 Å². The van der Waals surface area contributed by atoms with Crippen LogP contribution >= 0.6 is 45.2 Å². The second-order valence-corrected chi connectivity index (χ2v) is 34.3. The molecule has 4 aliphatic rings. The zero-order valence-corrected chi connectivity index (χ0v) is 70.5. The molecule has 4 heterocycles. The van der Waals surface area contributed by atoms with Crippen LogP contribution in [0.2, 0.25) is 0 Å². The molecule has 0 spiro atoms. The van der Waals surface area contributed by atoms with Crippen LogP contribution in [-0.4, -0.2) is 209 Å². The highest BCUT2D eigenvalue weighted by Crippen LogP contribution is 2.33. The summed E-state index contributed by atoms with van der Waals surface area (Å²) in [6.07, 6.45) is 8.85. The molecule has 0 unspecified atom stereocenters. The summed E-state index contributed by atoms with van der Waals surface area (Å²) >= 11 is 3.82. The molecule has 4 fully saturated rings. The lowest BCUT2D eigenvalue weighted by molar-refractivity contribution is -0.0200. The van der Waals surface area contributed by atoms with E-state index in [0.29, 0.717) is 140 Å². The molecule has 2 saturated heterocycles. The monoisotopic (exact) mass is 1910 g/mol. The number of hydrogen-bond donors (Lipinski definition) is 8. The molecule has 0 radical (unpaired) electrons. The Hall–Kier alpha value is -9.02. The maximum atomic E-state index is 14.6. The van der Waals surface area contributed by atoms with Gasteiger partial charge >= 0.3 is 5.97 Å². The summed E-state index contributed by atoms with van der Waals surface area (Å²) in [6, 6.07) is 28.7. The maximum absolute atomic E-state index is 14.6. The Labute approximate surface area is 706 Å². The van der Waals surface area contributed by atoms with E-state index in [9.17, 15) is 67.5 Å². The Kier molecular flexibility index (Phi) is 34.3. The first kappa shape index (κ1) is 91.3. The zero-order valence-electron chi connectivity index (χ0n) is 64.5. The lowest BCUT2D eigenvalue weighted by atomic mass is 10.1. The number of nitrogens with one attached hydrogen (secondary N) is 6. The molecular formula is C79H91F6I2N15O14S2. The first-order chi connectivity index (χ1) is 56.7. The number of carboxylic acids is 1. The molecule has 2 saturated carbocycles. The molecule has 39 heteroatoms. The van der Waals surface area contributed by atoms with Crippen LogP contribution < -0.4 is 47.8 Å². The first-order valence-electron chi connectivity index (χ1n) is 38.0. The number of carbonyl (C=O) groups is 4. The number of carbonyl (C=O) groups excluding carboxylic acids is 3. The van der Waals surface area contributed by atoms with Gasteiger partial charge in [0, 0.05) is 128 Å². The molecule has 0 atom stereocenters. The number of carboxylic acid groups (broad SMARTS) is 1. The maximum Gasteiger partial charge on any atom is 0.341 e. The fourth-order valence-corrected chi connectivity index (χ4v) is 15.0. The minimum absolute atomic E-state index is 0.0456. The largest absolute Gasteiger partial charge is 0.477 e. The number of aromatic nitrogens is 4. The van der Waals surface area contributed by atoms with Gasteiger partial charge in [0.05, 0.1) is 97.2 Å². The number of Topliss-reactive ketones (excluding diaryl/α,β-unsaturated/α-hetero) is 1. The van der Waals surface area contributed by atoms with E-state index in [-0.39, 0.29) is 91.4 Å². The fraction of sp³-hybridized carbons (Fsp3) is 0.392. The van der Waals surface area contributed by atoms with Gasteiger partial charge < -0.3 is 56.1 Å². The van der Waals surface area contributed by atoms with E-state index in [2.05, 4.69) is 57.0 Å². The van der Waals surface area contributed by atoms with Crippen molar-refractivity contribution in [2.75, 3.05) is 154 Å². The van der Waals surface area contributed by atoms with Crippen LogP contribution in [0.4, 0.5) is 72.1 Å². The highest BCUT2D eigenvalue weighted by Gasteiger charge is 2.31. The van der Waals surface area contributed by atoms with E-state index in [1.54, 1.807) is 40.8 Å². The lowest BCUT2D eigenvalue weighted by Crippen LogP contribution is -2.49. The topological polar surface area (TPSA) is 366 Å². The molecule has 6 aromatic carbocycles. The van der Waals surface area contributed by atoms with Crippen LogP contribution in [-0.2, 0) is 56.8 Å². The van der Waals surface area contributed by atoms with Crippen molar-refractivity contribution in [1.29, 1.82) is 0 Å². The lowest BCUT2D eigenvalue weighted by Gasteiger charge is -2.35. The van der Waals surface area contributed by atoms with Gasteiger partial charge in [0.15, 0.2) is 29.1 Å². The molecule has 12 rings (SSSR count). The number of nitrogens with zero attached hydrogens (tertiary/aromatic N) is 8. The second-order valence-electron chi connectivity index (χ2n) is 27.3. The van der Waals surface area contributed by atoms with E-state index in [0.717, 1.165) is 72.5 Å². The molecular weight excluding hydrogens is 1810 g/mol. The minimum atomic E-state index is -3.18. The molecule has 2 aliphatic heterocycles. The van der Waals surface area contributed by atoms with Crippen molar-refractivity contribution in [3.05, 3.63) is 209 Å². The third-order valence-electron chi connectivity index (χ3n) is 18.7. The molecule has 8 aromatic rings. The normalized spacial score (nSPS) is 14.5. The molecule has 2 aliphatic carbocycles. The van der Waals surface area contributed by atoms with Crippen molar-refractivity contribution in [1.82, 2.24) is 39.5 Å². The summed E-state index contributed by atoms with van der Waals surface area (Å²) < 4.78 is 154. The number of aromatic carboxylic acids is 1. The first-order valence-corrected chi connectivity index (χ1v) is 43.4. The van der Waals surface area contributed by atoms with Gasteiger partial charge in [0.1, 0.15) is 40.5 Å². The molecule has 2 aromatic heterocycles. The van der Waals surface area contributed by atoms with Crippen LogP contribution in [0.1, 0.15) is 117 Å². The van der Waals surface area contributed by atoms with Gasteiger partial charge in [-0.05, 0) is 187 Å². The summed E-state index contributed by atoms with van der Waals surface area (Å²) in [6.45, 7) is 9.65. The number of halogens is 8. The number of ether oxygens (including phenoxy) is 3. The third-order valence-corrected chi connectivity index (χ3v) is 23.8. The average Bonchev–Trinajstić information content (AvgIpc) is 1.13. The van der Waals surface area contributed by atoms with Gasteiger partial charge in [0.2, 0.25) is 20.0 Å². The summed E-state index contributed by atoms with van der Waals surface area (Å²) in [5.41, 5.74) is 12.3. The number of benzene rings is 6. The highest BCUT2D eigenvalue weighted by atomic mass is 127. The number of rotatable bonds is 39. The van der Waals surface area contributed by atoms with Crippen molar-refractivity contribution in [3.63, 3.8) is 0 Å². The number of hydroxylamine groups is 2. The summed E-state index contributed by atoms with van der Waals surface area (Å²) in [5, 5.41) is 20.8. The Balaban J connectivity index is 0.000000219. The van der Waals surface area contributed by atoms with Gasteiger partial charge in [0.25, 0.3) is 11.8 Å². The number of nitrogens with two attached hydrogens (primary N) is 1. The van der Waals surface area contributed by atoms with Crippen molar-refractivity contribution >= 4 is 135 Å². The quantitative estimate of drug-likeness (QED) is 0.00583. The smallest absolute Gasteiger partial charge is 0.341 e. The van der Waals surface area contributed by atoms with Crippen molar-refractivity contribution < 1.29 is 91.3 Å². The van der Waals surface area contributed by atoms with Gasteiger partial charge in [-0.15, -0.1) is 0 Å². The van der Waals surface area contributed by atoms with Crippen LogP contribution in [0.3, 0.4) is 0 Å². The van der Waals surface area contributed by atoms with Crippen molar-refractivity contribution in [2.24, 2.45) is 5.73 Å². The Morgan fingerprint density at radius 1 is 0.500 bits per heavy atom. The van der Waals surface area contributed by atoms with Crippen LogP contribution in [0.15, 0.2) is 122 Å². The molecule has 0 bridgehead atoms. The zero-order chi connectivity index (χ0) is 84.5. The Bertz CT molecular complexity index is 5010. The number of ketones is 1. The van der Waals surface area contributed by atoms with Crippen LogP contribution in [0, 0.1) is 42.0 Å². The minimum Gasteiger partial charge on any atom is -0.477 e. The predicted molar refractivity (Wildman–Crippen MR) is 449 cm³/mol. The van der Waals surface area contributed by atoms with Crippen LogP contribution in [0.25, 0.3) is 0 Å². The summed E-state index contributed by atoms with van der Waals surface area (Å²) in [7, 11) is -6.32. The number of amides is 2. The van der Waals surface area contributed by atoms with E-state index >= 15 is 0 Å². The fourth-order valence-electron chi connectivity index (χ4n) is 11.9. The molecule has 29 nitrogen and oxygen atoms in total. The van der Waals surface area contributed by atoms with Gasteiger partial charge in [-0.2, -0.15) is 8.61 Å². The Morgan fingerprint density at radius 3 is 1.30 bits per heavy atom. The molecule has 2 amide bonds. The standard InChI is InChI=1S/C43H51F3IN7O8S.C21H27N5O4S.C15H13F3IN3O2/c1-2-63(57,58)54-17-15-53(16-18-54)32-10-5-29(6-11-32)26-39-48-28-34(42(51-39)49-31-8-9-31)38(55)4-3-19-59-20-21-60-22-23-61-24-25-62-52-43(56)33-12-13-35(44)40(46)41(33)50-37-14-7-30(47)27-36(37)45;1-2-31(29,30)26-11-9-25(10-12-26)17-7-3-15(4-8-17)13-19-22-14-18(21(27)28)20(24-19)23-16-5-6-16;16-10-3-2-9(15(23)22-24-6-5-20)14(13(10)18)21-12-4-1-8(19)7-11(12)17/h5-7,10-14,27-28,31,50H,2-4,8-9,15-26H2,1H3,(H,52,56)(H,48,49,51);3-4,7-8,14,16H,2,5-6,9-13H2,1H3,(H,27,28)(H,22,23,24);1-4,7,21H,5-6,20H2,(H,22,23). The number of sulfonamides is 2. The van der Waals surface area contributed by atoms with Crippen molar-refractivity contribution in [3.8, 4) is 0 Å². The number of piperazine rings is 2. The van der Waals surface area contributed by atoms with E-state index in [1.165, 1.54) is 30.5 Å². The molecule has 634 valence electrons. The van der Waals surface area contributed by atoms with Gasteiger partial charge in [-0.3, -0.25) is 24.1 Å². The third kappa shape index (κ3) is 27.0. The van der Waals surface area contributed by atoms with Gasteiger partial charge in [-0.1, -0.05) is 24.3 Å². The van der Waals surface area contributed by atoms with Gasteiger partial charge in [-0.25, -0.2) is 78.9 Å². The summed E-state index contributed by atoms with van der Waals surface area (Å²) in [4.78, 5) is 81.5. The van der Waals surface area contributed by atoms with Crippen LogP contribution in [0.5, 0.6) is 0 Å². The molecule has 118 heavy (non-hydrogen) atoms. The van der Waals surface area contributed by atoms with E-state index < -0.39 is 84.1 Å². The number of hydrogen-bond acceptors (Lipinski definition) is 24. The predicted octanol–water partition coefficient (Wildman–Crippen LogP) is 11.1. The van der Waals surface area contributed by atoms with Crippen molar-refractivity contribution in [2.45, 2.75) is 77.3 Å². The van der Waals surface area contributed by atoms with E-state index in [1.807, 2.05) is 93.7 Å². The number of anilines is 8. The highest BCUT2D eigenvalue weighted by molar-refractivity contribution is 14.1. The Morgan fingerprint density at radius 2 is 0.898 bits per heavy atom. The average molecular weight is 1910 g/mol. The SMILES string of the molecule is CCS(=O)(=O)N1CCN(c2ccc(Cc3ncc(C(=O)CCCOCCOCCOCCONC(=O)c4ccc(F)c(F)c4Nc4ccc(I)cc4F)c(NC4CC4)n3)cc2)CC1.CCS(=O)(=O)N1CCN(c2ccc(Cc3ncc(C(=O)O)c(NC4CC4)n3)cc2)CC1.NCCONC(=O)c1ccc(F)c(F)c1Nc1ccc(I)cc1F. The molecule has 9 N–H and O–H groups in total. The second kappa shape index (κ2) is 44.3.